The van der Waals surface area contributed by atoms with Crippen LogP contribution >= 0.6 is 11.3 Å². The number of nitrogen functional groups attached to an aromatic ring is 1. The molecule has 0 saturated carbocycles. The molecule has 0 spiro atoms. The Hall–Kier alpha value is -2.22. The fourth-order valence-corrected chi connectivity index (χ4v) is 2.62. The first-order valence-corrected chi connectivity index (χ1v) is 6.39. The second kappa shape index (κ2) is 5.19. The molecule has 2 aromatic heterocycles. The van der Waals surface area contributed by atoms with Crippen molar-refractivity contribution in [3.63, 3.8) is 0 Å². The van der Waals surface area contributed by atoms with Gasteiger partial charge >= 0.3 is 0 Å². The maximum atomic E-state index is 12.0. The lowest BCUT2D eigenvalue weighted by molar-refractivity contribution is -0.118. The third-order valence-corrected chi connectivity index (χ3v) is 3.62. The lowest BCUT2D eigenvalue weighted by Crippen LogP contribution is -2.35. The summed E-state index contributed by atoms with van der Waals surface area (Å²) >= 11 is 1.17. The molecule has 100 valence electrons. The third-order valence-electron chi connectivity index (χ3n) is 2.51. The summed E-state index contributed by atoms with van der Waals surface area (Å²) < 4.78 is 0. The van der Waals surface area contributed by atoms with Gasteiger partial charge in [0, 0.05) is 17.8 Å². The number of thiophene rings is 1. The number of fused-ring (bicyclic) bond motifs is 1. The van der Waals surface area contributed by atoms with Gasteiger partial charge in [0.05, 0.1) is 11.9 Å². The topological polar surface area (TPSA) is 124 Å². The van der Waals surface area contributed by atoms with Crippen molar-refractivity contribution in [3.05, 3.63) is 17.1 Å². The number of aromatic nitrogens is 2. The van der Waals surface area contributed by atoms with Gasteiger partial charge in [-0.25, -0.2) is 0 Å². The number of carbonyl (C=O) groups is 2. The van der Waals surface area contributed by atoms with Crippen molar-refractivity contribution in [2.24, 2.45) is 5.73 Å². The van der Waals surface area contributed by atoms with Crippen molar-refractivity contribution in [1.82, 2.24) is 15.5 Å². The van der Waals surface area contributed by atoms with E-state index in [4.69, 9.17) is 11.5 Å². The quantitative estimate of drug-likeness (QED) is 0.740. The zero-order valence-corrected chi connectivity index (χ0v) is 11.0. The summed E-state index contributed by atoms with van der Waals surface area (Å²) in [7, 11) is 0. The molecule has 5 N–H and O–H groups in total. The molecule has 0 radical (unpaired) electrons. The predicted octanol–water partition coefficient (Wildman–Crippen LogP) is 0.267. The standard InChI is InChI=1S/C11H13N5O2S/c1-5(4-7(12)17)15-10(18)9-8(13)6-2-3-14-16-11(6)19-9/h2-3,5H,4,13H2,1H3,(H2,12,17)(H,15,18). The van der Waals surface area contributed by atoms with Crippen LogP contribution in [0.1, 0.15) is 23.0 Å². The largest absolute Gasteiger partial charge is 0.397 e. The number of anilines is 1. The van der Waals surface area contributed by atoms with Crippen LogP contribution in [0, 0.1) is 0 Å². The van der Waals surface area contributed by atoms with E-state index in [1.807, 2.05) is 0 Å². The van der Waals surface area contributed by atoms with Crippen molar-refractivity contribution in [3.8, 4) is 0 Å². The first kappa shape index (κ1) is 13.2. The van der Waals surface area contributed by atoms with E-state index in [0.717, 1.165) is 0 Å². The fourth-order valence-electron chi connectivity index (χ4n) is 1.68. The Labute approximate surface area is 113 Å². The van der Waals surface area contributed by atoms with Crippen molar-refractivity contribution in [2.75, 3.05) is 5.73 Å². The van der Waals surface area contributed by atoms with E-state index in [0.29, 0.717) is 20.8 Å². The average molecular weight is 279 g/mol. The minimum atomic E-state index is -0.469. The average Bonchev–Trinajstić information content (AvgIpc) is 2.66. The normalized spacial score (nSPS) is 12.3. The van der Waals surface area contributed by atoms with Crippen LogP contribution in [0.2, 0.25) is 0 Å². The zero-order valence-electron chi connectivity index (χ0n) is 10.2. The summed E-state index contributed by atoms with van der Waals surface area (Å²) in [6.07, 6.45) is 1.60. The Bertz CT molecular complexity index is 639. The first-order chi connectivity index (χ1) is 8.99. The van der Waals surface area contributed by atoms with Crippen molar-refractivity contribution < 1.29 is 9.59 Å². The minimum Gasteiger partial charge on any atom is -0.397 e. The molecule has 2 heterocycles. The summed E-state index contributed by atoms with van der Waals surface area (Å²) in [5.41, 5.74) is 11.3. The van der Waals surface area contributed by atoms with Gasteiger partial charge in [0.15, 0.2) is 0 Å². The van der Waals surface area contributed by atoms with E-state index in [-0.39, 0.29) is 18.4 Å². The predicted molar refractivity (Wildman–Crippen MR) is 72.6 cm³/mol. The van der Waals surface area contributed by atoms with Crippen LogP contribution in [0.15, 0.2) is 12.3 Å². The van der Waals surface area contributed by atoms with E-state index in [1.165, 1.54) is 17.5 Å². The zero-order chi connectivity index (χ0) is 14.0. The van der Waals surface area contributed by atoms with Gasteiger partial charge in [-0.2, -0.15) is 5.10 Å². The molecule has 1 unspecified atom stereocenters. The third kappa shape index (κ3) is 2.79. The highest BCUT2D eigenvalue weighted by atomic mass is 32.1. The Morgan fingerprint density at radius 1 is 1.53 bits per heavy atom. The number of rotatable bonds is 4. The maximum Gasteiger partial charge on any atom is 0.263 e. The Morgan fingerprint density at radius 3 is 2.89 bits per heavy atom. The summed E-state index contributed by atoms with van der Waals surface area (Å²) in [5, 5.41) is 11.0. The van der Waals surface area contributed by atoms with Gasteiger partial charge in [0.25, 0.3) is 5.91 Å². The van der Waals surface area contributed by atoms with Gasteiger partial charge in [-0.05, 0) is 13.0 Å². The molecule has 2 aromatic rings. The highest BCUT2D eigenvalue weighted by Crippen LogP contribution is 2.31. The van der Waals surface area contributed by atoms with E-state index < -0.39 is 5.91 Å². The fraction of sp³-hybridized carbons (Fsp3) is 0.273. The molecule has 1 atom stereocenters. The summed E-state index contributed by atoms with van der Waals surface area (Å²) in [6.45, 7) is 1.70. The van der Waals surface area contributed by atoms with E-state index in [9.17, 15) is 9.59 Å². The maximum absolute atomic E-state index is 12.0. The highest BCUT2D eigenvalue weighted by molar-refractivity contribution is 7.21. The number of amides is 2. The van der Waals surface area contributed by atoms with E-state index in [1.54, 1.807) is 13.0 Å². The van der Waals surface area contributed by atoms with Crippen LogP contribution < -0.4 is 16.8 Å². The smallest absolute Gasteiger partial charge is 0.263 e. The van der Waals surface area contributed by atoms with Crippen LogP contribution in [0.5, 0.6) is 0 Å². The molecule has 0 aromatic carbocycles. The summed E-state index contributed by atoms with van der Waals surface area (Å²) in [4.78, 5) is 23.8. The Morgan fingerprint density at radius 2 is 2.26 bits per heavy atom. The van der Waals surface area contributed by atoms with Gasteiger partial charge < -0.3 is 16.8 Å². The SMILES string of the molecule is CC(CC(N)=O)NC(=O)c1sc2nnccc2c1N. The monoisotopic (exact) mass is 279 g/mol. The second-order valence-electron chi connectivity index (χ2n) is 4.14. The molecule has 0 bridgehead atoms. The summed E-state index contributed by atoms with van der Waals surface area (Å²) in [6, 6.07) is 1.36. The number of hydrogen-bond donors (Lipinski definition) is 3. The molecule has 0 aliphatic rings. The van der Waals surface area contributed by atoms with Crippen molar-refractivity contribution in [1.29, 1.82) is 0 Å². The number of nitrogens with two attached hydrogens (primary N) is 2. The van der Waals surface area contributed by atoms with Crippen LogP contribution in [0.4, 0.5) is 5.69 Å². The number of carbonyl (C=O) groups excluding carboxylic acids is 2. The number of nitrogens with one attached hydrogen (secondary N) is 1. The molecule has 0 aliphatic carbocycles. The van der Waals surface area contributed by atoms with Crippen LogP contribution in [-0.2, 0) is 4.79 Å². The molecule has 0 saturated heterocycles. The second-order valence-corrected chi connectivity index (χ2v) is 5.14. The van der Waals surface area contributed by atoms with Gasteiger partial charge in [-0.15, -0.1) is 16.4 Å². The molecule has 8 heteroatoms. The van der Waals surface area contributed by atoms with E-state index in [2.05, 4.69) is 15.5 Å². The lowest BCUT2D eigenvalue weighted by atomic mass is 10.2. The van der Waals surface area contributed by atoms with E-state index >= 15 is 0 Å². The van der Waals surface area contributed by atoms with Gasteiger partial charge in [0.2, 0.25) is 5.91 Å². The van der Waals surface area contributed by atoms with Crippen molar-refractivity contribution in [2.45, 2.75) is 19.4 Å². The van der Waals surface area contributed by atoms with Gasteiger partial charge in [-0.1, -0.05) is 0 Å². The number of primary amides is 1. The molecule has 19 heavy (non-hydrogen) atoms. The van der Waals surface area contributed by atoms with Gasteiger partial charge in [0.1, 0.15) is 9.71 Å². The molecule has 0 fully saturated rings. The Balaban J connectivity index is 2.22. The molecular formula is C11H13N5O2S. The van der Waals surface area contributed by atoms with Crippen LogP contribution in [-0.4, -0.2) is 28.1 Å². The minimum absolute atomic E-state index is 0.0797. The molecule has 7 nitrogen and oxygen atoms in total. The molecule has 2 rings (SSSR count). The van der Waals surface area contributed by atoms with Crippen LogP contribution in [0.25, 0.3) is 10.2 Å². The Kier molecular flexibility index (Phi) is 3.61. The molecule has 2 amide bonds. The van der Waals surface area contributed by atoms with Crippen molar-refractivity contribution >= 4 is 39.1 Å². The lowest BCUT2D eigenvalue weighted by Gasteiger charge is -2.11. The highest BCUT2D eigenvalue weighted by Gasteiger charge is 2.19. The summed E-state index contributed by atoms with van der Waals surface area (Å²) in [5.74, 6) is -0.808. The molecular weight excluding hydrogens is 266 g/mol. The number of nitrogens with zero attached hydrogens (tertiary/aromatic N) is 2. The van der Waals surface area contributed by atoms with Crippen LogP contribution in [0.3, 0.4) is 0 Å². The molecule has 0 aliphatic heterocycles. The number of hydrogen-bond acceptors (Lipinski definition) is 6. The van der Waals surface area contributed by atoms with Gasteiger partial charge in [-0.3, -0.25) is 9.59 Å². The first-order valence-electron chi connectivity index (χ1n) is 5.58.